The van der Waals surface area contributed by atoms with Gasteiger partial charge in [-0.15, -0.1) is 46.7 Å². The molecule has 122 valence electrons. The molecular weight excluding hydrogens is 427 g/mol. The van der Waals surface area contributed by atoms with Crippen LogP contribution in [0.2, 0.25) is 0 Å². The van der Waals surface area contributed by atoms with Crippen molar-refractivity contribution in [2.75, 3.05) is 34.7 Å². The Balaban J connectivity index is 0.00000242. The van der Waals surface area contributed by atoms with Gasteiger partial charge in [-0.05, 0) is 19.1 Å². The number of aromatic nitrogens is 1. The highest BCUT2D eigenvalue weighted by atomic mass is 127. The van der Waals surface area contributed by atoms with Crippen molar-refractivity contribution in [2.45, 2.75) is 13.3 Å². The van der Waals surface area contributed by atoms with Gasteiger partial charge in [-0.1, -0.05) is 0 Å². The highest BCUT2D eigenvalue weighted by Gasteiger charge is 2.07. The van der Waals surface area contributed by atoms with Crippen molar-refractivity contribution < 1.29 is 0 Å². The summed E-state index contributed by atoms with van der Waals surface area (Å²) >= 11 is 3.51. The number of hydrogen-bond donors (Lipinski definition) is 0. The van der Waals surface area contributed by atoms with Crippen LogP contribution in [0.25, 0.3) is 10.6 Å². The molecule has 0 aliphatic rings. The van der Waals surface area contributed by atoms with E-state index in [-0.39, 0.29) is 24.0 Å². The molecule has 0 aliphatic heterocycles. The topological polar surface area (TPSA) is 31.7 Å². The first-order chi connectivity index (χ1) is 9.97. The Hall–Kier alpha value is -0.670. The summed E-state index contributed by atoms with van der Waals surface area (Å²) in [6.07, 6.45) is 0.971. The lowest BCUT2D eigenvalue weighted by Crippen LogP contribution is -2.35. The molecule has 0 aliphatic carbocycles. The first-order valence-corrected chi connectivity index (χ1v) is 8.57. The molecule has 0 spiro atoms. The third kappa shape index (κ3) is 5.20. The molecular formula is C15H23IN4S2. The maximum atomic E-state index is 4.67. The van der Waals surface area contributed by atoms with Crippen LogP contribution in [0.15, 0.2) is 22.5 Å². The van der Waals surface area contributed by atoms with Gasteiger partial charge in [0.25, 0.3) is 0 Å². The number of nitrogens with zero attached hydrogens (tertiary/aromatic N) is 4. The van der Waals surface area contributed by atoms with Crippen LogP contribution < -0.4 is 0 Å². The van der Waals surface area contributed by atoms with Gasteiger partial charge in [-0.2, -0.15) is 0 Å². The fourth-order valence-electron chi connectivity index (χ4n) is 2.08. The van der Waals surface area contributed by atoms with Gasteiger partial charge in [0, 0.05) is 51.4 Å². The monoisotopic (exact) mass is 450 g/mol. The van der Waals surface area contributed by atoms with E-state index in [1.807, 2.05) is 56.3 Å². The summed E-state index contributed by atoms with van der Waals surface area (Å²) in [5.74, 6) is 1.00. The second-order valence-corrected chi connectivity index (χ2v) is 7.47. The van der Waals surface area contributed by atoms with Crippen LogP contribution in [0, 0.1) is 6.92 Å². The second-order valence-electron chi connectivity index (χ2n) is 5.24. The molecule has 2 aromatic rings. The summed E-state index contributed by atoms with van der Waals surface area (Å²) < 4.78 is 0. The molecule has 0 fully saturated rings. The molecule has 7 heteroatoms. The number of rotatable bonds is 4. The largest absolute Gasteiger partial charge is 0.349 e. The van der Waals surface area contributed by atoms with Gasteiger partial charge in [0.05, 0.1) is 15.6 Å². The van der Waals surface area contributed by atoms with Crippen molar-refractivity contribution >= 4 is 52.6 Å². The lowest BCUT2D eigenvalue weighted by atomic mass is 10.3. The van der Waals surface area contributed by atoms with Crippen LogP contribution in [-0.4, -0.2) is 55.5 Å². The van der Waals surface area contributed by atoms with E-state index in [4.69, 9.17) is 0 Å². The summed E-state index contributed by atoms with van der Waals surface area (Å²) in [5, 5.41) is 3.24. The fourth-order valence-corrected chi connectivity index (χ4v) is 3.72. The predicted molar refractivity (Wildman–Crippen MR) is 109 cm³/mol. The molecule has 0 unspecified atom stereocenters. The molecule has 0 N–H and O–H groups in total. The molecule has 0 saturated heterocycles. The molecule has 0 amide bonds. The van der Waals surface area contributed by atoms with Gasteiger partial charge in [-0.3, -0.25) is 4.99 Å². The van der Waals surface area contributed by atoms with E-state index in [0.29, 0.717) is 0 Å². The minimum Gasteiger partial charge on any atom is -0.349 e. The van der Waals surface area contributed by atoms with Crippen LogP contribution >= 0.6 is 46.7 Å². The summed E-state index contributed by atoms with van der Waals surface area (Å²) in [7, 11) is 8.08. The molecule has 0 radical (unpaired) electrons. The number of aryl methyl sites for hydroxylation is 1. The minimum atomic E-state index is 0. The molecule has 2 aromatic heterocycles. The second kappa shape index (κ2) is 8.83. The van der Waals surface area contributed by atoms with Crippen LogP contribution in [0.1, 0.15) is 9.88 Å². The van der Waals surface area contributed by atoms with Crippen LogP contribution in [-0.2, 0) is 6.42 Å². The van der Waals surface area contributed by atoms with Crippen LogP contribution in [0.5, 0.6) is 0 Å². The zero-order valence-corrected chi connectivity index (χ0v) is 17.6. The third-order valence-electron chi connectivity index (χ3n) is 2.94. The highest BCUT2D eigenvalue weighted by molar-refractivity contribution is 14.0. The lowest BCUT2D eigenvalue weighted by Gasteiger charge is -2.22. The maximum absolute atomic E-state index is 4.67. The number of guanidine groups is 1. The Morgan fingerprint density at radius 2 is 1.86 bits per heavy atom. The first-order valence-electron chi connectivity index (χ1n) is 6.87. The van der Waals surface area contributed by atoms with Gasteiger partial charge in [0.1, 0.15) is 0 Å². The van der Waals surface area contributed by atoms with E-state index < -0.39 is 0 Å². The molecule has 0 bridgehead atoms. The predicted octanol–water partition coefficient (Wildman–Crippen LogP) is 3.82. The zero-order chi connectivity index (χ0) is 15.4. The third-order valence-corrected chi connectivity index (χ3v) is 4.89. The summed E-state index contributed by atoms with van der Waals surface area (Å²) in [6.45, 7) is 2.85. The highest BCUT2D eigenvalue weighted by Crippen LogP contribution is 2.29. The lowest BCUT2D eigenvalue weighted by molar-refractivity contribution is 0.479. The number of aliphatic imine (C=N–C) groups is 1. The van der Waals surface area contributed by atoms with E-state index in [1.165, 1.54) is 9.75 Å². The average Bonchev–Trinajstić information content (AvgIpc) is 3.02. The zero-order valence-electron chi connectivity index (χ0n) is 13.7. The van der Waals surface area contributed by atoms with E-state index in [0.717, 1.165) is 29.6 Å². The van der Waals surface area contributed by atoms with Crippen molar-refractivity contribution in [1.82, 2.24) is 14.8 Å². The molecule has 0 saturated carbocycles. The van der Waals surface area contributed by atoms with Gasteiger partial charge in [0.15, 0.2) is 5.96 Å². The van der Waals surface area contributed by atoms with Crippen molar-refractivity contribution in [3.05, 3.63) is 27.4 Å². The summed E-state index contributed by atoms with van der Waals surface area (Å²) in [5.41, 5.74) is 1.10. The minimum absolute atomic E-state index is 0. The quantitative estimate of drug-likeness (QED) is 0.403. The average molecular weight is 450 g/mol. The van der Waals surface area contributed by atoms with Crippen molar-refractivity contribution in [3.8, 4) is 10.6 Å². The number of halogens is 1. The molecule has 0 atom stereocenters. The molecule has 2 heterocycles. The van der Waals surface area contributed by atoms with Crippen molar-refractivity contribution in [1.29, 1.82) is 0 Å². The normalized spacial score (nSPS) is 10.0. The number of hydrogen-bond acceptors (Lipinski definition) is 4. The Kier molecular flexibility index (Phi) is 7.78. The van der Waals surface area contributed by atoms with Gasteiger partial charge in [0.2, 0.25) is 0 Å². The Bertz CT molecular complexity index is 607. The molecule has 2 rings (SSSR count). The van der Waals surface area contributed by atoms with Gasteiger partial charge < -0.3 is 9.80 Å². The Labute approximate surface area is 157 Å². The van der Waals surface area contributed by atoms with Crippen molar-refractivity contribution in [2.24, 2.45) is 4.99 Å². The van der Waals surface area contributed by atoms with Gasteiger partial charge >= 0.3 is 0 Å². The Morgan fingerprint density at radius 3 is 2.41 bits per heavy atom. The number of thiazole rings is 1. The fraction of sp³-hybridized carbons (Fsp3) is 0.467. The molecule has 22 heavy (non-hydrogen) atoms. The van der Waals surface area contributed by atoms with E-state index in [1.54, 1.807) is 11.3 Å². The van der Waals surface area contributed by atoms with E-state index in [9.17, 15) is 0 Å². The van der Waals surface area contributed by atoms with Gasteiger partial charge in [-0.25, -0.2) is 4.98 Å². The van der Waals surface area contributed by atoms with Crippen LogP contribution in [0.4, 0.5) is 0 Å². The molecule has 0 aromatic carbocycles. The SMILES string of the molecule is Cc1nc(-c2ccc(CCN=C(N(C)C)N(C)C)s2)cs1.I. The number of thiophene rings is 1. The standard InChI is InChI=1S/C15H22N4S2.HI/c1-11-17-13(10-20-11)14-7-6-12(21-14)8-9-16-15(18(2)3)19(4)5;/h6-7,10H,8-9H2,1-5H3;1H. The summed E-state index contributed by atoms with van der Waals surface area (Å²) in [6, 6.07) is 4.35. The Morgan fingerprint density at radius 1 is 1.18 bits per heavy atom. The van der Waals surface area contributed by atoms with Crippen LogP contribution in [0.3, 0.4) is 0 Å². The van der Waals surface area contributed by atoms with Crippen molar-refractivity contribution in [3.63, 3.8) is 0 Å². The smallest absolute Gasteiger partial charge is 0.195 e. The van der Waals surface area contributed by atoms with E-state index in [2.05, 4.69) is 27.5 Å². The molecule has 4 nitrogen and oxygen atoms in total. The summed E-state index contributed by atoms with van der Waals surface area (Å²) in [4.78, 5) is 15.9. The first kappa shape index (κ1) is 19.4. The van der Waals surface area contributed by atoms with E-state index >= 15 is 0 Å². The maximum Gasteiger partial charge on any atom is 0.195 e.